The zero-order chi connectivity index (χ0) is 25.3. The quantitative estimate of drug-likeness (QED) is 0.295. The lowest BCUT2D eigenvalue weighted by Gasteiger charge is -2.16. The number of anilines is 1. The van der Waals surface area contributed by atoms with Gasteiger partial charge in [-0.3, -0.25) is 9.59 Å². The number of carbonyl (C=O) groups is 2. The van der Waals surface area contributed by atoms with Crippen molar-refractivity contribution in [2.75, 3.05) is 5.32 Å². The van der Waals surface area contributed by atoms with E-state index in [2.05, 4.69) is 16.4 Å². The van der Waals surface area contributed by atoms with E-state index in [9.17, 15) is 14.9 Å². The number of benzene rings is 3. The number of amides is 1. The van der Waals surface area contributed by atoms with E-state index in [-0.39, 0.29) is 17.6 Å². The van der Waals surface area contributed by atoms with Crippen LogP contribution in [0.4, 0.5) is 5.69 Å². The molecule has 7 heteroatoms. The normalized spacial score (nSPS) is 13.2. The highest BCUT2D eigenvalue weighted by atomic mass is 32.1. The molecule has 6 nitrogen and oxygen atoms in total. The molecule has 1 aliphatic carbocycles. The van der Waals surface area contributed by atoms with E-state index in [1.54, 1.807) is 30.3 Å². The molecule has 0 unspecified atom stereocenters. The minimum atomic E-state index is -0.684. The van der Waals surface area contributed by atoms with Crippen LogP contribution in [0.5, 0.6) is 11.5 Å². The van der Waals surface area contributed by atoms with Crippen LogP contribution in [0.1, 0.15) is 47.6 Å². The summed E-state index contributed by atoms with van der Waals surface area (Å²) in [7, 11) is 0. The molecule has 0 spiro atoms. The summed E-state index contributed by atoms with van der Waals surface area (Å²) in [6.45, 7) is 3.64. The van der Waals surface area contributed by atoms with Gasteiger partial charge in [0.2, 0.25) is 0 Å². The van der Waals surface area contributed by atoms with Gasteiger partial charge in [-0.25, -0.2) is 4.98 Å². The Labute approximate surface area is 213 Å². The minimum absolute atomic E-state index is 0.233. The summed E-state index contributed by atoms with van der Waals surface area (Å²) in [6.07, 6.45) is 2.42. The van der Waals surface area contributed by atoms with Crippen LogP contribution in [0, 0.1) is 17.2 Å². The Balaban J connectivity index is 1.28. The first-order valence-corrected chi connectivity index (χ1v) is 12.7. The summed E-state index contributed by atoms with van der Waals surface area (Å²) in [5, 5.41) is 13.1. The SMILES string of the molecule is CC(C)(C#N)c1cccc(C(=O)Nc2cccc(Oc3ccc4nc(CC(=O)C5CC5)sc4c3)c2)c1. The van der Waals surface area contributed by atoms with Gasteiger partial charge in [0.05, 0.1) is 28.1 Å². The third kappa shape index (κ3) is 5.29. The van der Waals surface area contributed by atoms with Crippen molar-refractivity contribution >= 4 is 38.9 Å². The fourth-order valence-electron chi connectivity index (χ4n) is 3.88. The second kappa shape index (κ2) is 9.56. The molecule has 1 N–H and O–H groups in total. The molecule has 4 aromatic rings. The van der Waals surface area contributed by atoms with Gasteiger partial charge < -0.3 is 10.1 Å². The number of nitrogens with zero attached hydrogens (tertiary/aromatic N) is 2. The maximum absolute atomic E-state index is 12.9. The summed E-state index contributed by atoms with van der Waals surface area (Å²) in [4.78, 5) is 29.6. The predicted molar refractivity (Wildman–Crippen MR) is 141 cm³/mol. The first-order chi connectivity index (χ1) is 17.3. The average Bonchev–Trinajstić information content (AvgIpc) is 3.65. The van der Waals surface area contributed by atoms with Gasteiger partial charge in [0.25, 0.3) is 5.91 Å². The van der Waals surface area contributed by atoms with Crippen molar-refractivity contribution in [1.82, 2.24) is 4.98 Å². The van der Waals surface area contributed by atoms with E-state index < -0.39 is 5.41 Å². The van der Waals surface area contributed by atoms with E-state index in [0.29, 0.717) is 29.2 Å². The lowest BCUT2D eigenvalue weighted by atomic mass is 9.85. The first kappa shape index (κ1) is 23.7. The Morgan fingerprint density at radius 1 is 1.08 bits per heavy atom. The van der Waals surface area contributed by atoms with Gasteiger partial charge in [0.1, 0.15) is 22.3 Å². The van der Waals surface area contributed by atoms with Crippen molar-refractivity contribution in [3.8, 4) is 17.6 Å². The number of nitrogens with one attached hydrogen (secondary N) is 1. The van der Waals surface area contributed by atoms with E-state index in [1.165, 1.54) is 11.3 Å². The highest BCUT2D eigenvalue weighted by Gasteiger charge is 2.29. The number of Topliss-reactive ketones (excluding diaryl/α,β-unsaturated/α-hetero) is 1. The molecule has 1 aromatic heterocycles. The van der Waals surface area contributed by atoms with Gasteiger partial charge in [-0.2, -0.15) is 5.26 Å². The summed E-state index contributed by atoms with van der Waals surface area (Å²) in [5.74, 6) is 1.49. The monoisotopic (exact) mass is 495 g/mol. The minimum Gasteiger partial charge on any atom is -0.457 e. The molecule has 1 saturated carbocycles. The van der Waals surface area contributed by atoms with Gasteiger partial charge >= 0.3 is 0 Å². The Morgan fingerprint density at radius 2 is 1.86 bits per heavy atom. The second-order valence-corrected chi connectivity index (χ2v) is 10.7. The second-order valence-electron chi connectivity index (χ2n) is 9.56. The summed E-state index contributed by atoms with van der Waals surface area (Å²) in [6, 6.07) is 22.2. The summed E-state index contributed by atoms with van der Waals surface area (Å²) < 4.78 is 7.02. The zero-order valence-corrected chi connectivity index (χ0v) is 20.9. The Hall–Kier alpha value is -4.02. The van der Waals surface area contributed by atoms with Gasteiger partial charge in [-0.1, -0.05) is 18.2 Å². The van der Waals surface area contributed by atoms with Gasteiger partial charge in [0.15, 0.2) is 0 Å². The van der Waals surface area contributed by atoms with Crippen LogP contribution in [0.3, 0.4) is 0 Å². The molecule has 36 heavy (non-hydrogen) atoms. The van der Waals surface area contributed by atoms with Crippen molar-refractivity contribution in [3.05, 3.63) is 82.9 Å². The Bertz CT molecular complexity index is 1510. The predicted octanol–water partition coefficient (Wildman–Crippen LogP) is 6.66. The van der Waals surface area contributed by atoms with Crippen molar-refractivity contribution in [2.45, 2.75) is 38.5 Å². The number of ether oxygens (including phenoxy) is 1. The molecule has 1 aliphatic rings. The lowest BCUT2D eigenvalue weighted by molar-refractivity contribution is -0.119. The molecule has 0 radical (unpaired) electrons. The first-order valence-electron chi connectivity index (χ1n) is 11.8. The molecule has 0 atom stereocenters. The number of thiazole rings is 1. The van der Waals surface area contributed by atoms with Crippen molar-refractivity contribution < 1.29 is 14.3 Å². The number of aromatic nitrogens is 1. The van der Waals surface area contributed by atoms with Crippen LogP contribution in [-0.2, 0) is 16.6 Å². The van der Waals surface area contributed by atoms with Crippen LogP contribution in [0.15, 0.2) is 66.7 Å². The number of ketones is 1. The molecule has 1 fully saturated rings. The van der Waals surface area contributed by atoms with E-state index >= 15 is 0 Å². The molecule has 1 amide bonds. The molecule has 3 aromatic carbocycles. The Kier molecular flexibility index (Phi) is 6.29. The third-order valence-corrected chi connectivity index (χ3v) is 7.23. The smallest absolute Gasteiger partial charge is 0.255 e. The van der Waals surface area contributed by atoms with Crippen molar-refractivity contribution in [1.29, 1.82) is 5.26 Å². The zero-order valence-electron chi connectivity index (χ0n) is 20.1. The van der Waals surface area contributed by atoms with Gasteiger partial charge in [0, 0.05) is 29.3 Å². The maximum Gasteiger partial charge on any atom is 0.255 e. The van der Waals surface area contributed by atoms with Gasteiger partial charge in [-0.05, 0) is 68.7 Å². The summed E-state index contributed by atoms with van der Waals surface area (Å²) in [5.41, 5.74) is 2.04. The van der Waals surface area contributed by atoms with E-state index in [1.807, 2.05) is 50.2 Å². The van der Waals surface area contributed by atoms with Crippen LogP contribution in [0.2, 0.25) is 0 Å². The van der Waals surface area contributed by atoms with Crippen LogP contribution in [-0.4, -0.2) is 16.7 Å². The van der Waals surface area contributed by atoms with Crippen LogP contribution >= 0.6 is 11.3 Å². The summed E-state index contributed by atoms with van der Waals surface area (Å²) >= 11 is 1.52. The molecule has 180 valence electrons. The average molecular weight is 496 g/mol. The van der Waals surface area contributed by atoms with E-state index in [0.717, 1.165) is 33.6 Å². The Morgan fingerprint density at radius 3 is 2.64 bits per heavy atom. The number of fused-ring (bicyclic) bond motifs is 1. The number of nitriles is 1. The fraction of sp³-hybridized carbons (Fsp3) is 0.241. The number of carbonyl (C=O) groups excluding carboxylic acids is 2. The largest absolute Gasteiger partial charge is 0.457 e. The number of hydrogen-bond donors (Lipinski definition) is 1. The van der Waals surface area contributed by atoms with Crippen molar-refractivity contribution in [3.63, 3.8) is 0 Å². The molecule has 0 saturated heterocycles. The maximum atomic E-state index is 12.9. The highest BCUT2D eigenvalue weighted by Crippen LogP contribution is 2.34. The number of rotatable bonds is 8. The standard InChI is InChI=1S/C29H25N3O3S/c1-29(2,17-30)20-6-3-5-19(13-20)28(34)31-21-7-4-8-22(14-21)35-23-11-12-24-26(15-23)36-27(32-24)16-25(33)18-9-10-18/h3-8,11-15,18H,9-10,16H2,1-2H3,(H,31,34). The van der Waals surface area contributed by atoms with Gasteiger partial charge in [-0.15, -0.1) is 11.3 Å². The topological polar surface area (TPSA) is 92.1 Å². The molecule has 5 rings (SSSR count). The molecular weight excluding hydrogens is 470 g/mol. The van der Waals surface area contributed by atoms with Crippen LogP contribution < -0.4 is 10.1 Å². The van der Waals surface area contributed by atoms with Crippen LogP contribution in [0.25, 0.3) is 10.2 Å². The third-order valence-electron chi connectivity index (χ3n) is 6.22. The molecular formula is C29H25N3O3S. The molecule has 0 aliphatic heterocycles. The lowest BCUT2D eigenvalue weighted by Crippen LogP contribution is -2.17. The fourth-order valence-corrected chi connectivity index (χ4v) is 4.89. The van der Waals surface area contributed by atoms with E-state index in [4.69, 9.17) is 4.74 Å². The molecule has 0 bridgehead atoms. The highest BCUT2D eigenvalue weighted by molar-refractivity contribution is 7.18. The number of hydrogen-bond acceptors (Lipinski definition) is 6. The van der Waals surface area contributed by atoms with Crippen molar-refractivity contribution in [2.24, 2.45) is 5.92 Å². The molecule has 1 heterocycles.